The van der Waals surface area contributed by atoms with Crippen molar-refractivity contribution in [2.75, 3.05) is 12.9 Å². The van der Waals surface area contributed by atoms with Gasteiger partial charge >= 0.3 is 0 Å². The first-order valence-corrected chi connectivity index (χ1v) is 8.09. The van der Waals surface area contributed by atoms with Crippen LogP contribution in [-0.2, 0) is 0 Å². The number of aliphatic hydroxyl groups excluding tert-OH is 1. The molecule has 0 spiro atoms. The number of nitrogens with one attached hydrogen (secondary N) is 1. The molecule has 2 N–H and O–H groups in total. The predicted octanol–water partition coefficient (Wildman–Crippen LogP) is 2.66. The number of amides is 1. The lowest BCUT2D eigenvalue weighted by atomic mass is 10.2. The zero-order chi connectivity index (χ0) is 13.0. The minimum absolute atomic E-state index is 0.0310. The third-order valence-electron chi connectivity index (χ3n) is 2.48. The molecule has 6 heteroatoms. The highest BCUT2D eigenvalue weighted by Gasteiger charge is 2.19. The van der Waals surface area contributed by atoms with Gasteiger partial charge in [-0.1, -0.05) is 0 Å². The smallest absolute Gasteiger partial charge is 0.261 e. The minimum Gasteiger partial charge on any atom is -0.395 e. The summed E-state index contributed by atoms with van der Waals surface area (Å²) in [6.07, 6.45) is 1.93. The van der Waals surface area contributed by atoms with Gasteiger partial charge in [0.25, 0.3) is 5.91 Å². The number of carbonyl (C=O) groups is 1. The molecule has 0 aliphatic heterocycles. The van der Waals surface area contributed by atoms with E-state index in [0.29, 0.717) is 4.88 Å². The fourth-order valence-electron chi connectivity index (χ4n) is 1.38. The number of rotatable bonds is 5. The Balaban J connectivity index is 2.66. The van der Waals surface area contributed by atoms with Crippen molar-refractivity contribution in [3.05, 3.63) is 20.3 Å². The lowest BCUT2D eigenvalue weighted by Crippen LogP contribution is -2.40. The van der Waals surface area contributed by atoms with Crippen LogP contribution in [0, 0.1) is 6.92 Å². The molecule has 0 bridgehead atoms. The number of thiophene rings is 1. The summed E-state index contributed by atoms with van der Waals surface area (Å²) in [6.45, 7) is 3.93. The van der Waals surface area contributed by atoms with Crippen molar-refractivity contribution in [2.24, 2.45) is 0 Å². The van der Waals surface area contributed by atoms with E-state index >= 15 is 0 Å². The first kappa shape index (κ1) is 15.0. The van der Waals surface area contributed by atoms with E-state index in [-0.39, 0.29) is 23.8 Å². The lowest BCUT2D eigenvalue weighted by molar-refractivity contribution is 0.0940. The molecule has 1 amide bonds. The van der Waals surface area contributed by atoms with Gasteiger partial charge < -0.3 is 10.4 Å². The van der Waals surface area contributed by atoms with Gasteiger partial charge in [-0.05, 0) is 47.7 Å². The SMILES string of the molecule is CSC(CO)C(C)NC(=O)c1cc(C)c(Br)s1. The molecule has 1 aromatic heterocycles. The molecule has 1 rings (SSSR count). The molecule has 0 aliphatic carbocycles. The van der Waals surface area contributed by atoms with Gasteiger partial charge in [0.1, 0.15) is 0 Å². The number of thioether (sulfide) groups is 1. The molecule has 17 heavy (non-hydrogen) atoms. The maximum atomic E-state index is 11.9. The Hall–Kier alpha value is -0.0400. The van der Waals surface area contributed by atoms with Gasteiger partial charge in [-0.25, -0.2) is 0 Å². The van der Waals surface area contributed by atoms with Crippen LogP contribution in [-0.4, -0.2) is 35.2 Å². The highest BCUT2D eigenvalue weighted by atomic mass is 79.9. The first-order valence-electron chi connectivity index (χ1n) is 5.20. The van der Waals surface area contributed by atoms with Gasteiger partial charge in [0, 0.05) is 11.3 Å². The fraction of sp³-hybridized carbons (Fsp3) is 0.545. The molecule has 0 fully saturated rings. The van der Waals surface area contributed by atoms with Crippen molar-refractivity contribution in [1.82, 2.24) is 5.32 Å². The summed E-state index contributed by atoms with van der Waals surface area (Å²) in [5.74, 6) is -0.0798. The van der Waals surface area contributed by atoms with E-state index in [0.717, 1.165) is 9.35 Å². The summed E-state index contributed by atoms with van der Waals surface area (Å²) in [6, 6.07) is 1.81. The number of carbonyl (C=O) groups excluding carboxylic acids is 1. The van der Waals surface area contributed by atoms with Gasteiger partial charge in [-0.15, -0.1) is 11.3 Å². The molecule has 2 atom stereocenters. The minimum atomic E-state index is -0.0798. The highest BCUT2D eigenvalue weighted by Crippen LogP contribution is 2.27. The van der Waals surface area contributed by atoms with E-state index in [9.17, 15) is 4.79 Å². The third kappa shape index (κ3) is 3.98. The topological polar surface area (TPSA) is 49.3 Å². The standard InChI is InChI=1S/C11H16BrNO2S2/c1-6-4-8(17-10(6)12)11(15)13-7(2)9(5-14)16-3/h4,7,9,14H,5H2,1-3H3,(H,13,15). The van der Waals surface area contributed by atoms with Gasteiger partial charge in [0.15, 0.2) is 0 Å². The van der Waals surface area contributed by atoms with Crippen LogP contribution >= 0.6 is 39.0 Å². The van der Waals surface area contributed by atoms with E-state index in [4.69, 9.17) is 5.11 Å². The second kappa shape index (κ2) is 6.78. The third-order valence-corrected chi connectivity index (χ3v) is 5.78. The monoisotopic (exact) mass is 337 g/mol. The van der Waals surface area contributed by atoms with E-state index < -0.39 is 0 Å². The summed E-state index contributed by atoms with van der Waals surface area (Å²) in [7, 11) is 0. The molecule has 2 unspecified atom stereocenters. The van der Waals surface area contributed by atoms with Crippen molar-refractivity contribution in [3.8, 4) is 0 Å². The van der Waals surface area contributed by atoms with Gasteiger partial charge in [-0.3, -0.25) is 4.79 Å². The van der Waals surface area contributed by atoms with Crippen LogP contribution in [0.2, 0.25) is 0 Å². The number of aryl methyl sites for hydroxylation is 1. The average molecular weight is 338 g/mol. The van der Waals surface area contributed by atoms with Crippen molar-refractivity contribution < 1.29 is 9.90 Å². The van der Waals surface area contributed by atoms with Gasteiger partial charge in [0.2, 0.25) is 0 Å². The molecule has 1 aromatic rings. The maximum absolute atomic E-state index is 11.9. The summed E-state index contributed by atoms with van der Waals surface area (Å²) in [5, 5.41) is 12.1. The van der Waals surface area contributed by atoms with E-state index in [1.807, 2.05) is 26.2 Å². The summed E-state index contributed by atoms with van der Waals surface area (Å²) < 4.78 is 0.985. The maximum Gasteiger partial charge on any atom is 0.261 e. The molecule has 0 saturated heterocycles. The predicted molar refractivity (Wildman–Crippen MR) is 78.1 cm³/mol. The zero-order valence-corrected chi connectivity index (χ0v) is 13.2. The Labute approximate surface area is 118 Å². The first-order chi connectivity index (χ1) is 7.99. The summed E-state index contributed by atoms with van der Waals surface area (Å²) >= 11 is 6.38. The molecule has 3 nitrogen and oxygen atoms in total. The van der Waals surface area contributed by atoms with Crippen LogP contribution in [0.4, 0.5) is 0 Å². The molecule has 96 valence electrons. The van der Waals surface area contributed by atoms with Crippen LogP contribution in [0.3, 0.4) is 0 Å². The second-order valence-corrected chi connectivity index (χ2v) is 7.23. The molecular formula is C11H16BrNO2S2. The van der Waals surface area contributed by atoms with Crippen LogP contribution in [0.5, 0.6) is 0 Å². The Kier molecular flexibility index (Phi) is 5.99. The molecule has 0 radical (unpaired) electrons. The van der Waals surface area contributed by atoms with Gasteiger partial charge in [-0.2, -0.15) is 11.8 Å². The van der Waals surface area contributed by atoms with Crippen LogP contribution in [0.15, 0.2) is 9.85 Å². The van der Waals surface area contributed by atoms with Crippen molar-refractivity contribution in [1.29, 1.82) is 0 Å². The molecule has 0 aliphatic rings. The Morgan fingerprint density at radius 3 is 2.76 bits per heavy atom. The summed E-state index contributed by atoms with van der Waals surface area (Å²) in [5.41, 5.74) is 1.07. The lowest BCUT2D eigenvalue weighted by Gasteiger charge is -2.20. The quantitative estimate of drug-likeness (QED) is 0.868. The number of halogens is 1. The van der Waals surface area contributed by atoms with Crippen molar-refractivity contribution >= 4 is 44.9 Å². The largest absolute Gasteiger partial charge is 0.395 e. The molecular weight excluding hydrogens is 322 g/mol. The number of hydrogen-bond donors (Lipinski definition) is 2. The Bertz CT molecular complexity index is 371. The van der Waals surface area contributed by atoms with E-state index in [2.05, 4.69) is 21.2 Å². The fourth-order valence-corrected chi connectivity index (χ4v) is 3.44. The van der Waals surface area contributed by atoms with Crippen LogP contribution < -0.4 is 5.32 Å². The van der Waals surface area contributed by atoms with Crippen LogP contribution in [0.1, 0.15) is 22.2 Å². The summed E-state index contributed by atoms with van der Waals surface area (Å²) in [4.78, 5) is 12.6. The Morgan fingerprint density at radius 2 is 2.35 bits per heavy atom. The zero-order valence-electron chi connectivity index (χ0n) is 9.99. The normalized spacial score (nSPS) is 14.4. The van der Waals surface area contributed by atoms with E-state index in [1.54, 1.807) is 11.8 Å². The van der Waals surface area contributed by atoms with Crippen molar-refractivity contribution in [2.45, 2.75) is 25.1 Å². The molecule has 0 saturated carbocycles. The highest BCUT2D eigenvalue weighted by molar-refractivity contribution is 9.11. The van der Waals surface area contributed by atoms with Crippen LogP contribution in [0.25, 0.3) is 0 Å². The Morgan fingerprint density at radius 1 is 1.71 bits per heavy atom. The molecule has 1 heterocycles. The van der Waals surface area contributed by atoms with E-state index in [1.165, 1.54) is 11.3 Å². The number of aliphatic hydroxyl groups is 1. The molecule has 0 aromatic carbocycles. The second-order valence-electron chi connectivity index (χ2n) is 3.79. The average Bonchev–Trinajstić information content (AvgIpc) is 2.61. The van der Waals surface area contributed by atoms with Gasteiger partial charge in [0.05, 0.1) is 15.3 Å². The number of hydrogen-bond acceptors (Lipinski definition) is 4. The van der Waals surface area contributed by atoms with Crippen molar-refractivity contribution in [3.63, 3.8) is 0 Å².